The zero-order valence-corrected chi connectivity index (χ0v) is 15.5. The van der Waals surface area contributed by atoms with E-state index in [9.17, 15) is 22.8 Å². The second-order valence-electron chi connectivity index (χ2n) is 6.22. The fraction of sp³-hybridized carbons (Fsp3) is 0.167. The van der Waals surface area contributed by atoms with Crippen LogP contribution in [0, 0.1) is 0 Å². The van der Waals surface area contributed by atoms with Crippen molar-refractivity contribution in [3.8, 4) is 0 Å². The summed E-state index contributed by atoms with van der Waals surface area (Å²) < 4.78 is 22.5. The third kappa shape index (κ3) is 4.53. The van der Waals surface area contributed by atoms with Gasteiger partial charge >= 0.3 is 0 Å². The fourth-order valence-electron chi connectivity index (χ4n) is 2.74. The normalized spacial score (nSPS) is 16.4. The first-order valence-corrected chi connectivity index (χ1v) is 9.92. The largest absolute Gasteiger partial charge is 0.340 e. The van der Waals surface area contributed by atoms with Crippen molar-refractivity contribution in [1.82, 2.24) is 5.32 Å². The SMILES string of the molecule is NS(=O)(=O)c1ccc(NC(=O)CC[C@@H]2NC(=O)c3ccccc3NC2=O)cc1. The van der Waals surface area contributed by atoms with E-state index in [1.807, 2.05) is 0 Å². The van der Waals surface area contributed by atoms with E-state index in [2.05, 4.69) is 16.0 Å². The van der Waals surface area contributed by atoms with Crippen LogP contribution in [0.15, 0.2) is 53.4 Å². The maximum Gasteiger partial charge on any atom is 0.254 e. The summed E-state index contributed by atoms with van der Waals surface area (Å²) in [5, 5.41) is 12.9. The lowest BCUT2D eigenvalue weighted by molar-refractivity contribution is -0.118. The Kier molecular flexibility index (Phi) is 5.43. The quantitative estimate of drug-likeness (QED) is 0.584. The zero-order valence-electron chi connectivity index (χ0n) is 14.6. The molecule has 0 saturated carbocycles. The van der Waals surface area contributed by atoms with E-state index in [1.54, 1.807) is 24.3 Å². The summed E-state index contributed by atoms with van der Waals surface area (Å²) in [5.41, 5.74) is 1.17. The van der Waals surface area contributed by atoms with Crippen LogP contribution in [-0.4, -0.2) is 32.2 Å². The zero-order chi connectivity index (χ0) is 20.3. The van der Waals surface area contributed by atoms with Gasteiger partial charge in [-0.05, 0) is 42.8 Å². The van der Waals surface area contributed by atoms with Crippen molar-refractivity contribution < 1.29 is 22.8 Å². The van der Waals surface area contributed by atoms with Gasteiger partial charge in [0.15, 0.2) is 0 Å². The molecule has 1 heterocycles. The summed E-state index contributed by atoms with van der Waals surface area (Å²) >= 11 is 0. The van der Waals surface area contributed by atoms with Gasteiger partial charge in [-0.3, -0.25) is 14.4 Å². The predicted molar refractivity (Wildman–Crippen MR) is 102 cm³/mol. The highest BCUT2D eigenvalue weighted by Crippen LogP contribution is 2.19. The minimum atomic E-state index is -3.81. The molecule has 1 atom stereocenters. The highest BCUT2D eigenvalue weighted by molar-refractivity contribution is 7.89. The van der Waals surface area contributed by atoms with E-state index in [4.69, 9.17) is 5.14 Å². The van der Waals surface area contributed by atoms with Crippen molar-refractivity contribution in [3.05, 3.63) is 54.1 Å². The first-order valence-electron chi connectivity index (χ1n) is 8.37. The third-order valence-corrected chi connectivity index (χ3v) is 5.11. The Morgan fingerprint density at radius 1 is 1.07 bits per heavy atom. The molecule has 0 spiro atoms. The van der Waals surface area contributed by atoms with E-state index < -0.39 is 27.9 Å². The van der Waals surface area contributed by atoms with E-state index in [0.717, 1.165) is 0 Å². The van der Waals surface area contributed by atoms with Gasteiger partial charge in [0, 0.05) is 12.1 Å². The van der Waals surface area contributed by atoms with Crippen molar-refractivity contribution in [2.24, 2.45) is 5.14 Å². The van der Waals surface area contributed by atoms with E-state index in [0.29, 0.717) is 16.9 Å². The number of carbonyl (C=O) groups excluding carboxylic acids is 3. The van der Waals surface area contributed by atoms with E-state index in [-0.39, 0.29) is 23.6 Å². The molecule has 3 amide bonds. The molecular formula is C18H18N4O5S. The minimum Gasteiger partial charge on any atom is -0.340 e. The fourth-order valence-corrected chi connectivity index (χ4v) is 3.26. The Hall–Kier alpha value is -3.24. The van der Waals surface area contributed by atoms with E-state index in [1.165, 1.54) is 24.3 Å². The Bertz CT molecular complexity index is 1030. The van der Waals surface area contributed by atoms with Crippen molar-refractivity contribution in [2.75, 3.05) is 10.6 Å². The summed E-state index contributed by atoms with van der Waals surface area (Å²) in [4.78, 5) is 36.6. The number of carbonyl (C=O) groups is 3. The molecule has 5 N–H and O–H groups in total. The molecule has 0 fully saturated rings. The van der Waals surface area contributed by atoms with Crippen LogP contribution < -0.4 is 21.1 Å². The number of rotatable bonds is 5. The molecule has 146 valence electrons. The molecule has 1 aliphatic heterocycles. The van der Waals surface area contributed by atoms with Crippen molar-refractivity contribution in [3.63, 3.8) is 0 Å². The summed E-state index contributed by atoms with van der Waals surface area (Å²) in [7, 11) is -3.81. The second-order valence-corrected chi connectivity index (χ2v) is 7.78. The number of primary sulfonamides is 1. The number of nitrogens with one attached hydrogen (secondary N) is 3. The number of para-hydroxylation sites is 1. The lowest BCUT2D eigenvalue weighted by Crippen LogP contribution is -2.41. The smallest absolute Gasteiger partial charge is 0.254 e. The van der Waals surface area contributed by atoms with Crippen LogP contribution in [-0.2, 0) is 19.6 Å². The average molecular weight is 402 g/mol. The van der Waals surface area contributed by atoms with Crippen LogP contribution >= 0.6 is 0 Å². The molecule has 0 aromatic heterocycles. The molecule has 1 aliphatic rings. The van der Waals surface area contributed by atoms with Gasteiger partial charge in [-0.2, -0.15) is 0 Å². The van der Waals surface area contributed by atoms with Gasteiger partial charge in [-0.1, -0.05) is 12.1 Å². The predicted octanol–water partition coefficient (Wildman–Crippen LogP) is 0.803. The van der Waals surface area contributed by atoms with Crippen molar-refractivity contribution in [1.29, 1.82) is 0 Å². The van der Waals surface area contributed by atoms with Gasteiger partial charge in [-0.25, -0.2) is 13.6 Å². The maximum absolute atomic E-state index is 12.3. The summed E-state index contributed by atoms with van der Waals surface area (Å²) in [5.74, 6) is -1.17. The third-order valence-electron chi connectivity index (χ3n) is 4.18. The van der Waals surface area contributed by atoms with Gasteiger partial charge in [0.2, 0.25) is 21.8 Å². The molecule has 0 unspecified atom stereocenters. The second kappa shape index (κ2) is 7.79. The average Bonchev–Trinajstić information content (AvgIpc) is 2.76. The lowest BCUT2D eigenvalue weighted by Gasteiger charge is -2.14. The van der Waals surface area contributed by atoms with Crippen LogP contribution in [0.3, 0.4) is 0 Å². The molecule has 0 bridgehead atoms. The maximum atomic E-state index is 12.3. The molecular weight excluding hydrogens is 384 g/mol. The Labute approximate surface area is 161 Å². The number of nitrogens with two attached hydrogens (primary N) is 1. The van der Waals surface area contributed by atoms with Crippen LogP contribution in [0.25, 0.3) is 0 Å². The summed E-state index contributed by atoms with van der Waals surface area (Å²) in [6.07, 6.45) is 0.0817. The standard InChI is InChI=1S/C18H18N4O5S/c19-28(26,27)12-7-5-11(6-8-12)20-16(23)10-9-15-18(25)21-14-4-2-1-3-13(14)17(24)22-15/h1-8,15H,9-10H2,(H,20,23)(H,21,25)(H,22,24)(H2,19,26,27)/t15-/m0/s1. The van der Waals surface area contributed by atoms with Gasteiger partial charge in [0.05, 0.1) is 16.1 Å². The molecule has 2 aromatic carbocycles. The van der Waals surface area contributed by atoms with E-state index >= 15 is 0 Å². The topological polar surface area (TPSA) is 147 Å². The summed E-state index contributed by atoms with van der Waals surface area (Å²) in [6, 6.07) is 11.2. The van der Waals surface area contributed by atoms with Crippen molar-refractivity contribution >= 4 is 39.1 Å². The first-order chi connectivity index (χ1) is 13.2. The molecule has 0 radical (unpaired) electrons. The van der Waals surface area contributed by atoms with Crippen molar-refractivity contribution in [2.45, 2.75) is 23.8 Å². The highest BCUT2D eigenvalue weighted by atomic mass is 32.2. The number of amides is 3. The highest BCUT2D eigenvalue weighted by Gasteiger charge is 2.27. The minimum absolute atomic E-state index is 0.0222. The molecule has 9 nitrogen and oxygen atoms in total. The Morgan fingerprint density at radius 2 is 1.75 bits per heavy atom. The Balaban J connectivity index is 1.59. The number of anilines is 2. The molecule has 28 heavy (non-hydrogen) atoms. The molecule has 10 heteroatoms. The number of hydrogen-bond donors (Lipinski definition) is 4. The van der Waals surface area contributed by atoms with Gasteiger partial charge in [-0.15, -0.1) is 0 Å². The van der Waals surface area contributed by atoms with Crippen LogP contribution in [0.1, 0.15) is 23.2 Å². The number of hydrogen-bond acceptors (Lipinski definition) is 5. The van der Waals surface area contributed by atoms with Gasteiger partial charge in [0.25, 0.3) is 5.91 Å². The number of fused-ring (bicyclic) bond motifs is 1. The lowest BCUT2D eigenvalue weighted by atomic mass is 10.1. The number of sulfonamides is 1. The van der Waals surface area contributed by atoms with Crippen LogP contribution in [0.4, 0.5) is 11.4 Å². The van der Waals surface area contributed by atoms with Gasteiger partial charge < -0.3 is 16.0 Å². The Morgan fingerprint density at radius 3 is 2.43 bits per heavy atom. The molecule has 3 rings (SSSR count). The molecule has 0 aliphatic carbocycles. The number of benzene rings is 2. The van der Waals surface area contributed by atoms with Crippen LogP contribution in [0.5, 0.6) is 0 Å². The first kappa shape index (κ1) is 19.5. The van der Waals surface area contributed by atoms with Gasteiger partial charge in [0.1, 0.15) is 6.04 Å². The monoisotopic (exact) mass is 402 g/mol. The molecule has 2 aromatic rings. The van der Waals surface area contributed by atoms with Crippen LogP contribution in [0.2, 0.25) is 0 Å². The molecule has 0 saturated heterocycles. The summed E-state index contributed by atoms with van der Waals surface area (Å²) in [6.45, 7) is 0.